The lowest BCUT2D eigenvalue weighted by Gasteiger charge is -2.34. The van der Waals surface area contributed by atoms with Gasteiger partial charge in [-0.25, -0.2) is 14.2 Å². The van der Waals surface area contributed by atoms with Crippen molar-refractivity contribution in [3.63, 3.8) is 0 Å². The summed E-state index contributed by atoms with van der Waals surface area (Å²) < 4.78 is 19.6. The first kappa shape index (κ1) is 23.3. The molecule has 2 heterocycles. The Bertz CT molecular complexity index is 1320. The molecule has 1 aliphatic heterocycles. The molecule has 0 saturated carbocycles. The minimum atomic E-state index is -0.563. The first-order valence-corrected chi connectivity index (χ1v) is 12.4. The number of nitrogens with zero attached hydrogens (tertiary/aromatic N) is 3. The molecule has 35 heavy (non-hydrogen) atoms. The highest BCUT2D eigenvalue weighted by atomic mass is 32.1. The van der Waals surface area contributed by atoms with Crippen LogP contribution in [0.25, 0.3) is 21.3 Å². The van der Waals surface area contributed by atoms with E-state index in [-0.39, 0.29) is 5.82 Å². The Morgan fingerprint density at radius 1 is 1.06 bits per heavy atom. The zero-order valence-corrected chi connectivity index (χ0v) is 20.5. The van der Waals surface area contributed by atoms with Crippen LogP contribution in [0.1, 0.15) is 12.8 Å². The summed E-state index contributed by atoms with van der Waals surface area (Å²) in [4.78, 5) is 21.9. The van der Waals surface area contributed by atoms with E-state index in [1.165, 1.54) is 12.1 Å². The quantitative estimate of drug-likeness (QED) is 0.359. The van der Waals surface area contributed by atoms with Crippen LogP contribution in [0.4, 0.5) is 20.0 Å². The molecule has 0 aliphatic carbocycles. The van der Waals surface area contributed by atoms with Gasteiger partial charge in [-0.15, -0.1) is 0 Å². The molecule has 3 aromatic carbocycles. The van der Waals surface area contributed by atoms with Gasteiger partial charge in [-0.05, 0) is 86.6 Å². The normalized spacial score (nSPS) is 14.7. The van der Waals surface area contributed by atoms with Crippen LogP contribution < -0.4 is 15.0 Å². The summed E-state index contributed by atoms with van der Waals surface area (Å²) in [6.45, 7) is 2.20. The second-order valence-electron chi connectivity index (χ2n) is 8.87. The van der Waals surface area contributed by atoms with Gasteiger partial charge in [0, 0.05) is 18.8 Å². The van der Waals surface area contributed by atoms with Crippen molar-refractivity contribution in [3.8, 4) is 16.9 Å². The number of halogens is 1. The number of hydrogen-bond acceptors (Lipinski definition) is 6. The lowest BCUT2D eigenvalue weighted by atomic mass is 10.0. The first-order chi connectivity index (χ1) is 16.9. The number of hydrogen-bond donors (Lipinski definition) is 1. The molecule has 8 heteroatoms. The predicted octanol–water partition coefficient (Wildman–Crippen LogP) is 6.24. The molecule has 180 valence electrons. The van der Waals surface area contributed by atoms with E-state index < -0.39 is 6.09 Å². The second kappa shape index (κ2) is 10.0. The number of thiazole rings is 1. The van der Waals surface area contributed by atoms with Crippen LogP contribution in [0.3, 0.4) is 0 Å². The fraction of sp³-hybridized carbons (Fsp3) is 0.259. The molecule has 0 unspecified atom stereocenters. The Balaban J connectivity index is 1.22. The average molecular weight is 491 g/mol. The predicted molar refractivity (Wildman–Crippen MR) is 140 cm³/mol. The molecule has 4 aromatic rings. The molecular formula is C27H27FN4O2S. The lowest BCUT2D eigenvalue weighted by Crippen LogP contribution is -2.41. The summed E-state index contributed by atoms with van der Waals surface area (Å²) in [5.41, 5.74) is 3.37. The number of anilines is 2. The largest absolute Gasteiger partial charge is 0.417 e. The number of benzene rings is 3. The van der Waals surface area contributed by atoms with Crippen LogP contribution in [-0.2, 0) is 0 Å². The molecule has 5 rings (SSSR count). The third-order valence-electron chi connectivity index (χ3n) is 6.40. The third kappa shape index (κ3) is 5.44. The van der Waals surface area contributed by atoms with Crippen molar-refractivity contribution in [1.29, 1.82) is 0 Å². The van der Waals surface area contributed by atoms with E-state index >= 15 is 0 Å². The highest BCUT2D eigenvalue weighted by molar-refractivity contribution is 7.22. The molecule has 1 fully saturated rings. The maximum Gasteiger partial charge on any atom is 0.417 e. The number of rotatable bonds is 5. The zero-order valence-electron chi connectivity index (χ0n) is 19.7. The van der Waals surface area contributed by atoms with Crippen molar-refractivity contribution in [3.05, 3.63) is 72.5 Å². The highest BCUT2D eigenvalue weighted by Crippen LogP contribution is 2.32. The number of ether oxygens (including phenoxy) is 1. The van der Waals surface area contributed by atoms with E-state index in [9.17, 15) is 9.18 Å². The van der Waals surface area contributed by atoms with E-state index in [4.69, 9.17) is 9.72 Å². The van der Waals surface area contributed by atoms with Gasteiger partial charge in [-0.2, -0.15) is 0 Å². The van der Waals surface area contributed by atoms with Crippen molar-refractivity contribution in [2.75, 3.05) is 37.4 Å². The fourth-order valence-corrected chi connectivity index (χ4v) is 5.33. The summed E-state index contributed by atoms with van der Waals surface area (Å²) in [5, 5.41) is 3.79. The van der Waals surface area contributed by atoms with Crippen molar-refractivity contribution in [2.45, 2.75) is 18.9 Å². The van der Waals surface area contributed by atoms with Gasteiger partial charge in [0.25, 0.3) is 0 Å². The standard InChI is InChI=1S/C27H27FN4O2S/c1-31-15-13-22(14-16-31)32(2)26-30-24-12-9-21(17-25(24)35-26)29-27(33)34-23-10-5-19(6-11-23)18-3-7-20(28)8-4-18/h3-12,17,22H,13-16H2,1-2H3,(H,29,33). The Morgan fingerprint density at radius 3 is 2.40 bits per heavy atom. The summed E-state index contributed by atoms with van der Waals surface area (Å²) >= 11 is 1.63. The summed E-state index contributed by atoms with van der Waals surface area (Å²) in [5.74, 6) is 0.150. The Kier molecular flexibility index (Phi) is 6.66. The number of carbonyl (C=O) groups is 1. The van der Waals surface area contributed by atoms with Crippen LogP contribution in [0.2, 0.25) is 0 Å². The lowest BCUT2D eigenvalue weighted by molar-refractivity contribution is 0.215. The molecular weight excluding hydrogens is 463 g/mol. The smallest absolute Gasteiger partial charge is 0.410 e. The average Bonchev–Trinajstić information content (AvgIpc) is 3.28. The van der Waals surface area contributed by atoms with Gasteiger partial charge in [0.2, 0.25) is 0 Å². The van der Waals surface area contributed by atoms with Crippen LogP contribution >= 0.6 is 11.3 Å². The van der Waals surface area contributed by atoms with Crippen LogP contribution in [0, 0.1) is 5.82 Å². The Hall–Kier alpha value is -3.49. The molecule has 0 atom stereocenters. The van der Waals surface area contributed by atoms with Gasteiger partial charge in [0.05, 0.1) is 10.2 Å². The second-order valence-corrected chi connectivity index (χ2v) is 9.88. The number of aromatic nitrogens is 1. The van der Waals surface area contributed by atoms with Crippen LogP contribution in [0.5, 0.6) is 5.75 Å². The summed E-state index contributed by atoms with van der Waals surface area (Å²) in [6.07, 6.45) is 1.70. The fourth-order valence-electron chi connectivity index (χ4n) is 4.29. The Morgan fingerprint density at radius 2 is 1.71 bits per heavy atom. The molecule has 6 nitrogen and oxygen atoms in total. The number of piperidine rings is 1. The number of fused-ring (bicyclic) bond motifs is 1. The van der Waals surface area contributed by atoms with E-state index in [0.717, 1.165) is 52.4 Å². The maximum atomic E-state index is 13.1. The molecule has 1 N–H and O–H groups in total. The van der Waals surface area contributed by atoms with Gasteiger partial charge in [-0.3, -0.25) is 5.32 Å². The third-order valence-corrected chi connectivity index (χ3v) is 7.51. The van der Waals surface area contributed by atoms with Gasteiger partial charge >= 0.3 is 6.09 Å². The van der Waals surface area contributed by atoms with Crippen molar-refractivity contribution < 1.29 is 13.9 Å². The number of amides is 1. The molecule has 0 spiro atoms. The summed E-state index contributed by atoms with van der Waals surface area (Å²) in [7, 11) is 4.28. The minimum Gasteiger partial charge on any atom is -0.410 e. The molecule has 1 aromatic heterocycles. The van der Waals surface area contributed by atoms with Gasteiger partial charge in [-0.1, -0.05) is 35.6 Å². The Labute approximate surface area is 208 Å². The minimum absolute atomic E-state index is 0.276. The van der Waals surface area contributed by atoms with Crippen molar-refractivity contribution >= 4 is 38.5 Å². The SMILES string of the molecule is CN1CCC(N(C)c2nc3ccc(NC(=O)Oc4ccc(-c5ccc(F)cc5)cc4)cc3s2)CC1. The van der Waals surface area contributed by atoms with Gasteiger partial charge in [0.1, 0.15) is 11.6 Å². The van der Waals surface area contributed by atoms with Crippen LogP contribution in [0.15, 0.2) is 66.7 Å². The van der Waals surface area contributed by atoms with Gasteiger partial charge in [0.15, 0.2) is 5.13 Å². The summed E-state index contributed by atoms with van der Waals surface area (Å²) in [6, 6.07) is 19.5. The zero-order chi connectivity index (χ0) is 24.4. The molecule has 1 saturated heterocycles. The van der Waals surface area contributed by atoms with E-state index in [2.05, 4.69) is 29.2 Å². The topological polar surface area (TPSA) is 57.7 Å². The van der Waals surface area contributed by atoms with E-state index in [1.807, 2.05) is 30.3 Å². The van der Waals surface area contributed by atoms with Crippen LogP contribution in [-0.4, -0.2) is 49.2 Å². The maximum absolute atomic E-state index is 13.1. The van der Waals surface area contributed by atoms with E-state index in [1.54, 1.807) is 35.6 Å². The molecule has 1 aliphatic rings. The number of nitrogens with one attached hydrogen (secondary N) is 1. The first-order valence-electron chi connectivity index (χ1n) is 11.6. The van der Waals surface area contributed by atoms with E-state index in [0.29, 0.717) is 17.5 Å². The molecule has 0 radical (unpaired) electrons. The molecule has 1 amide bonds. The number of likely N-dealkylation sites (tertiary alicyclic amines) is 1. The van der Waals surface area contributed by atoms with Gasteiger partial charge < -0.3 is 14.5 Å². The monoisotopic (exact) mass is 490 g/mol. The molecule has 0 bridgehead atoms. The van der Waals surface area contributed by atoms with Crippen molar-refractivity contribution in [2.24, 2.45) is 0 Å². The number of carbonyl (C=O) groups excluding carboxylic acids is 1. The highest BCUT2D eigenvalue weighted by Gasteiger charge is 2.23. The van der Waals surface area contributed by atoms with Crippen molar-refractivity contribution in [1.82, 2.24) is 9.88 Å².